The van der Waals surface area contributed by atoms with Gasteiger partial charge in [-0.25, -0.2) is 13.6 Å². The maximum atomic E-state index is 13.8. The minimum Gasteiger partial charge on any atom is -0.486 e. The summed E-state index contributed by atoms with van der Waals surface area (Å²) in [5.74, 6) is -2.05. The highest BCUT2D eigenvalue weighted by atomic mass is 19.1. The summed E-state index contributed by atoms with van der Waals surface area (Å²) in [6.45, 7) is -0.0604. The summed E-state index contributed by atoms with van der Waals surface area (Å²) < 4.78 is 38.1. The van der Waals surface area contributed by atoms with Gasteiger partial charge < -0.3 is 14.8 Å². The average molecular weight is 398 g/mol. The molecule has 148 valence electrons. The van der Waals surface area contributed by atoms with Gasteiger partial charge in [-0.15, -0.1) is 0 Å². The molecule has 1 amide bonds. The summed E-state index contributed by atoms with van der Waals surface area (Å²) in [6.07, 6.45) is 1.84. The highest BCUT2D eigenvalue weighted by Crippen LogP contribution is 2.27. The number of amides is 1. The van der Waals surface area contributed by atoms with Gasteiger partial charge in [0.05, 0.1) is 17.7 Å². The molecular weight excluding hydrogens is 382 g/mol. The molecule has 2 aromatic carbocycles. The molecule has 8 heteroatoms. The maximum Gasteiger partial charge on any atom is 0.328 e. The minimum absolute atomic E-state index is 0.196. The van der Waals surface area contributed by atoms with E-state index < -0.39 is 29.6 Å². The molecule has 0 aliphatic carbocycles. The molecule has 1 aliphatic heterocycles. The molecule has 1 saturated heterocycles. The summed E-state index contributed by atoms with van der Waals surface area (Å²) in [5.41, 5.74) is 0.473. The fourth-order valence-electron chi connectivity index (χ4n) is 3.15. The first-order chi connectivity index (χ1) is 14.0. The first-order valence-electron chi connectivity index (χ1n) is 8.95. The van der Waals surface area contributed by atoms with E-state index in [1.165, 1.54) is 18.3 Å². The van der Waals surface area contributed by atoms with E-state index in [0.717, 1.165) is 12.1 Å². The number of hydrogen-bond donors (Lipinski definition) is 1. The molecule has 1 N–H and O–H groups in total. The monoisotopic (exact) mass is 398 g/mol. The van der Waals surface area contributed by atoms with Crippen molar-refractivity contribution in [1.29, 1.82) is 0 Å². The molecule has 2 heterocycles. The van der Waals surface area contributed by atoms with Crippen LogP contribution in [-0.2, 0) is 16.1 Å². The topological polar surface area (TPSA) is 77.5 Å². The van der Waals surface area contributed by atoms with Gasteiger partial charge in [0.1, 0.15) is 35.5 Å². The lowest BCUT2D eigenvalue weighted by atomic mass is 10.1. The number of carbonyl (C=O) groups excluding carboxylic acids is 2. The number of halogens is 2. The molecular formula is C21H16F2N2O4. The van der Waals surface area contributed by atoms with Crippen LogP contribution in [0.1, 0.15) is 22.3 Å². The molecule has 0 unspecified atom stereocenters. The number of pyridine rings is 1. The lowest BCUT2D eigenvalue weighted by Gasteiger charge is -2.13. The SMILES string of the molecule is O=C(N[C@H]1CCOC1=O)c1ccnc2c(OCc3c(F)cccc3F)cccc12. The summed E-state index contributed by atoms with van der Waals surface area (Å²) in [6, 6.07) is 9.35. The molecule has 4 rings (SSSR count). The number of fused-ring (bicyclic) bond motifs is 1. The lowest BCUT2D eigenvalue weighted by molar-refractivity contribution is -0.139. The number of rotatable bonds is 5. The van der Waals surface area contributed by atoms with Crippen molar-refractivity contribution in [3.05, 3.63) is 71.4 Å². The number of hydrogen-bond acceptors (Lipinski definition) is 5. The Morgan fingerprint density at radius 1 is 1.17 bits per heavy atom. The van der Waals surface area contributed by atoms with Crippen molar-refractivity contribution in [3.8, 4) is 5.75 Å². The summed E-state index contributed by atoms with van der Waals surface area (Å²) in [7, 11) is 0. The van der Waals surface area contributed by atoms with Gasteiger partial charge in [-0.05, 0) is 24.3 Å². The minimum atomic E-state index is -0.707. The normalized spacial score (nSPS) is 15.9. The van der Waals surface area contributed by atoms with Crippen LogP contribution < -0.4 is 10.1 Å². The summed E-state index contributed by atoms with van der Waals surface area (Å²) in [5, 5.41) is 3.14. The second-order valence-corrected chi connectivity index (χ2v) is 6.48. The second kappa shape index (κ2) is 7.83. The number of ether oxygens (including phenoxy) is 2. The van der Waals surface area contributed by atoms with Crippen molar-refractivity contribution in [1.82, 2.24) is 10.3 Å². The van der Waals surface area contributed by atoms with Crippen LogP contribution in [0.15, 0.2) is 48.7 Å². The smallest absolute Gasteiger partial charge is 0.328 e. The third-order valence-corrected chi connectivity index (χ3v) is 4.65. The summed E-state index contributed by atoms with van der Waals surface area (Å²) >= 11 is 0. The largest absolute Gasteiger partial charge is 0.486 e. The summed E-state index contributed by atoms with van der Waals surface area (Å²) in [4.78, 5) is 28.5. The van der Waals surface area contributed by atoms with Crippen LogP contribution in [0.3, 0.4) is 0 Å². The number of nitrogens with one attached hydrogen (secondary N) is 1. The number of benzene rings is 2. The predicted molar refractivity (Wildman–Crippen MR) is 99.3 cm³/mol. The van der Waals surface area contributed by atoms with Crippen LogP contribution in [0, 0.1) is 11.6 Å². The zero-order valence-corrected chi connectivity index (χ0v) is 15.2. The quantitative estimate of drug-likeness (QED) is 0.668. The Kier molecular flexibility index (Phi) is 5.07. The van der Waals surface area contributed by atoms with Crippen molar-refractivity contribution in [2.24, 2.45) is 0 Å². The van der Waals surface area contributed by atoms with Crippen molar-refractivity contribution in [2.45, 2.75) is 19.1 Å². The van der Waals surface area contributed by atoms with E-state index in [4.69, 9.17) is 9.47 Å². The maximum absolute atomic E-state index is 13.8. The van der Waals surface area contributed by atoms with E-state index in [1.54, 1.807) is 18.2 Å². The van der Waals surface area contributed by atoms with Crippen LogP contribution in [-0.4, -0.2) is 29.5 Å². The van der Waals surface area contributed by atoms with Gasteiger partial charge in [0.2, 0.25) is 0 Å². The third-order valence-electron chi connectivity index (χ3n) is 4.65. The van der Waals surface area contributed by atoms with E-state index in [-0.39, 0.29) is 24.5 Å². The fourth-order valence-corrected chi connectivity index (χ4v) is 3.15. The molecule has 29 heavy (non-hydrogen) atoms. The van der Waals surface area contributed by atoms with Gasteiger partial charge in [-0.2, -0.15) is 0 Å². The predicted octanol–water partition coefficient (Wildman–Crippen LogP) is 3.14. The van der Waals surface area contributed by atoms with E-state index in [1.807, 2.05) is 0 Å². The Hall–Kier alpha value is -3.55. The van der Waals surface area contributed by atoms with E-state index in [2.05, 4.69) is 10.3 Å². The Morgan fingerprint density at radius 2 is 1.93 bits per heavy atom. The molecule has 6 nitrogen and oxygen atoms in total. The van der Waals surface area contributed by atoms with Gasteiger partial charge >= 0.3 is 5.97 Å². The Bertz CT molecular complexity index is 1080. The first-order valence-corrected chi connectivity index (χ1v) is 8.95. The van der Waals surface area contributed by atoms with E-state index in [9.17, 15) is 18.4 Å². The van der Waals surface area contributed by atoms with Crippen LogP contribution in [0.25, 0.3) is 10.9 Å². The van der Waals surface area contributed by atoms with Crippen molar-refractivity contribution >= 4 is 22.8 Å². The van der Waals surface area contributed by atoms with Crippen molar-refractivity contribution < 1.29 is 27.8 Å². The zero-order chi connectivity index (χ0) is 20.4. The number of cyclic esters (lactones) is 1. The van der Waals surface area contributed by atoms with Crippen molar-refractivity contribution in [3.63, 3.8) is 0 Å². The van der Waals surface area contributed by atoms with Crippen LogP contribution in [0.5, 0.6) is 5.75 Å². The molecule has 1 atom stereocenters. The zero-order valence-electron chi connectivity index (χ0n) is 15.2. The van der Waals surface area contributed by atoms with Gasteiger partial charge in [0.15, 0.2) is 0 Å². The Morgan fingerprint density at radius 3 is 2.66 bits per heavy atom. The fraction of sp³-hybridized carbons (Fsp3) is 0.190. The van der Waals surface area contributed by atoms with Gasteiger partial charge in [-0.3, -0.25) is 9.78 Å². The van der Waals surface area contributed by atoms with Gasteiger partial charge in [0, 0.05) is 18.0 Å². The van der Waals surface area contributed by atoms with Crippen LogP contribution in [0.4, 0.5) is 8.78 Å². The molecule has 0 spiro atoms. The number of esters is 1. The van der Waals surface area contributed by atoms with E-state index >= 15 is 0 Å². The molecule has 0 radical (unpaired) electrons. The molecule has 0 bridgehead atoms. The van der Waals surface area contributed by atoms with Crippen LogP contribution in [0.2, 0.25) is 0 Å². The molecule has 0 saturated carbocycles. The lowest BCUT2D eigenvalue weighted by Crippen LogP contribution is -2.38. The second-order valence-electron chi connectivity index (χ2n) is 6.48. The molecule has 3 aromatic rings. The Labute approximate surface area is 164 Å². The molecule has 1 aromatic heterocycles. The van der Waals surface area contributed by atoms with Crippen molar-refractivity contribution in [2.75, 3.05) is 6.61 Å². The average Bonchev–Trinajstić information content (AvgIpc) is 3.11. The highest BCUT2D eigenvalue weighted by Gasteiger charge is 2.28. The molecule has 1 aliphatic rings. The van der Waals surface area contributed by atoms with Gasteiger partial charge in [0.25, 0.3) is 5.91 Å². The third kappa shape index (κ3) is 3.73. The number of para-hydroxylation sites is 1. The molecule has 1 fully saturated rings. The number of nitrogens with zero attached hydrogens (tertiary/aromatic N) is 1. The first kappa shape index (κ1) is 18.8. The number of carbonyl (C=O) groups is 2. The highest BCUT2D eigenvalue weighted by molar-refractivity contribution is 6.08. The van der Waals surface area contributed by atoms with E-state index in [0.29, 0.717) is 22.9 Å². The van der Waals surface area contributed by atoms with Crippen LogP contribution >= 0.6 is 0 Å². The Balaban J connectivity index is 1.61. The number of aromatic nitrogens is 1. The standard InChI is InChI=1S/C21H16F2N2O4/c22-15-4-2-5-16(23)14(15)11-29-18-6-1-3-12-13(7-9-24-19(12)18)20(26)25-17-8-10-28-21(17)27/h1-7,9,17H,8,10-11H2,(H,25,26)/t17-/m0/s1. The van der Waals surface area contributed by atoms with Gasteiger partial charge in [-0.1, -0.05) is 18.2 Å².